The summed E-state index contributed by atoms with van der Waals surface area (Å²) in [5.74, 6) is 1.03. The van der Waals surface area contributed by atoms with Crippen molar-refractivity contribution < 1.29 is 19.2 Å². The number of nitrogens with zero attached hydrogens (tertiary/aromatic N) is 3. The highest BCUT2D eigenvalue weighted by atomic mass is 16.6. The fraction of sp³-hybridized carbons (Fsp3) is 0.350. The first-order valence-electron chi connectivity index (χ1n) is 9.13. The second kappa shape index (κ2) is 8.60. The Morgan fingerprint density at radius 3 is 2.46 bits per heavy atom. The number of hydrogen-bond acceptors (Lipinski definition) is 6. The summed E-state index contributed by atoms with van der Waals surface area (Å²) in [6.45, 7) is 4.43. The average Bonchev–Trinajstić information content (AvgIpc) is 2.74. The maximum absolute atomic E-state index is 12.9. The summed E-state index contributed by atoms with van der Waals surface area (Å²) in [5, 5.41) is 11.2. The first kappa shape index (κ1) is 19.5. The molecule has 0 aromatic heterocycles. The number of nitro benzene ring substituents is 1. The molecule has 1 aliphatic heterocycles. The highest BCUT2D eigenvalue weighted by molar-refractivity contribution is 5.95. The normalized spacial score (nSPS) is 13.9. The molecule has 0 aliphatic carbocycles. The fourth-order valence-electron chi connectivity index (χ4n) is 3.29. The van der Waals surface area contributed by atoms with Crippen LogP contribution >= 0.6 is 0 Å². The zero-order valence-electron chi connectivity index (χ0n) is 16.0. The van der Waals surface area contributed by atoms with Gasteiger partial charge in [-0.05, 0) is 31.2 Å². The lowest BCUT2D eigenvalue weighted by molar-refractivity contribution is -0.384. The van der Waals surface area contributed by atoms with Crippen LogP contribution in [0.3, 0.4) is 0 Å². The molecule has 3 rings (SSSR count). The molecular formula is C20H23N3O5. The van der Waals surface area contributed by atoms with Crippen LogP contribution in [0.4, 0.5) is 11.4 Å². The van der Waals surface area contributed by atoms with Gasteiger partial charge in [-0.3, -0.25) is 14.9 Å². The number of anilines is 1. The van der Waals surface area contributed by atoms with Gasteiger partial charge in [0.15, 0.2) is 11.5 Å². The minimum Gasteiger partial charge on any atom is -0.493 e. The summed E-state index contributed by atoms with van der Waals surface area (Å²) >= 11 is 0. The van der Waals surface area contributed by atoms with Crippen molar-refractivity contribution in [1.82, 2.24) is 4.90 Å². The van der Waals surface area contributed by atoms with E-state index < -0.39 is 0 Å². The monoisotopic (exact) mass is 385 g/mol. The average molecular weight is 385 g/mol. The van der Waals surface area contributed by atoms with Crippen molar-refractivity contribution in [3.05, 3.63) is 58.1 Å². The van der Waals surface area contributed by atoms with E-state index in [0.29, 0.717) is 55.5 Å². The first-order valence-corrected chi connectivity index (χ1v) is 9.13. The largest absolute Gasteiger partial charge is 0.493 e. The Balaban J connectivity index is 1.70. The number of carbonyl (C=O) groups excluding carboxylic acids is 1. The number of carbonyl (C=O) groups is 1. The summed E-state index contributed by atoms with van der Waals surface area (Å²) < 4.78 is 10.8. The van der Waals surface area contributed by atoms with E-state index in [1.165, 1.54) is 13.2 Å². The van der Waals surface area contributed by atoms with Gasteiger partial charge in [-0.1, -0.05) is 12.1 Å². The number of amides is 1. The molecule has 0 saturated carbocycles. The van der Waals surface area contributed by atoms with Crippen LogP contribution in [0.25, 0.3) is 0 Å². The topological polar surface area (TPSA) is 85.2 Å². The van der Waals surface area contributed by atoms with Gasteiger partial charge in [0.25, 0.3) is 11.6 Å². The molecule has 28 heavy (non-hydrogen) atoms. The van der Waals surface area contributed by atoms with E-state index in [1.54, 1.807) is 41.3 Å². The quantitative estimate of drug-likeness (QED) is 0.561. The Bertz CT molecular complexity index is 863. The van der Waals surface area contributed by atoms with Crippen LogP contribution in [0.15, 0.2) is 42.5 Å². The number of piperazine rings is 1. The van der Waals surface area contributed by atoms with E-state index in [2.05, 4.69) is 0 Å². The van der Waals surface area contributed by atoms with E-state index in [-0.39, 0.29) is 16.5 Å². The number of hydrogen-bond donors (Lipinski definition) is 0. The Morgan fingerprint density at radius 2 is 1.82 bits per heavy atom. The van der Waals surface area contributed by atoms with Gasteiger partial charge in [0.2, 0.25) is 0 Å². The molecule has 0 radical (unpaired) electrons. The highest BCUT2D eigenvalue weighted by Crippen LogP contribution is 2.30. The smallest absolute Gasteiger partial charge is 0.292 e. The molecule has 8 heteroatoms. The maximum Gasteiger partial charge on any atom is 0.292 e. The van der Waals surface area contributed by atoms with Crippen molar-refractivity contribution in [3.8, 4) is 11.5 Å². The van der Waals surface area contributed by atoms with Crippen molar-refractivity contribution in [2.75, 3.05) is 44.8 Å². The van der Waals surface area contributed by atoms with Gasteiger partial charge in [0.05, 0.1) is 18.6 Å². The van der Waals surface area contributed by atoms with Gasteiger partial charge in [-0.2, -0.15) is 0 Å². The van der Waals surface area contributed by atoms with Crippen molar-refractivity contribution in [2.24, 2.45) is 0 Å². The summed E-state index contributed by atoms with van der Waals surface area (Å²) in [4.78, 5) is 27.4. The molecule has 1 heterocycles. The third kappa shape index (κ3) is 4.00. The third-order valence-corrected chi connectivity index (χ3v) is 4.70. The molecular weight excluding hydrogens is 362 g/mol. The van der Waals surface area contributed by atoms with E-state index in [4.69, 9.17) is 9.47 Å². The maximum atomic E-state index is 12.9. The predicted molar refractivity (Wildman–Crippen MR) is 105 cm³/mol. The minimum absolute atomic E-state index is 0.0820. The number of benzene rings is 2. The summed E-state index contributed by atoms with van der Waals surface area (Å²) in [7, 11) is 1.54. The lowest BCUT2D eigenvalue weighted by Crippen LogP contribution is -2.48. The van der Waals surface area contributed by atoms with E-state index >= 15 is 0 Å². The van der Waals surface area contributed by atoms with Crippen LogP contribution in [0.1, 0.15) is 17.3 Å². The first-order chi connectivity index (χ1) is 13.5. The molecule has 8 nitrogen and oxygen atoms in total. The number of methoxy groups -OCH3 is 1. The number of para-hydroxylation sites is 2. The van der Waals surface area contributed by atoms with Gasteiger partial charge < -0.3 is 19.3 Å². The molecule has 0 atom stereocenters. The summed E-state index contributed by atoms with van der Waals surface area (Å²) in [6, 6.07) is 11.8. The van der Waals surface area contributed by atoms with E-state index in [0.717, 1.165) is 0 Å². The molecule has 0 N–H and O–H groups in total. The van der Waals surface area contributed by atoms with Crippen LogP contribution < -0.4 is 14.4 Å². The van der Waals surface area contributed by atoms with Crippen LogP contribution in [-0.4, -0.2) is 55.6 Å². The van der Waals surface area contributed by atoms with Crippen molar-refractivity contribution in [1.29, 1.82) is 0 Å². The number of rotatable bonds is 6. The Labute approximate surface area is 163 Å². The van der Waals surface area contributed by atoms with E-state index in [1.807, 2.05) is 11.8 Å². The molecule has 1 saturated heterocycles. The van der Waals surface area contributed by atoms with Crippen LogP contribution in [-0.2, 0) is 0 Å². The van der Waals surface area contributed by atoms with Crippen LogP contribution in [0.2, 0.25) is 0 Å². The number of ether oxygens (including phenoxy) is 2. The van der Waals surface area contributed by atoms with Gasteiger partial charge in [0, 0.05) is 37.8 Å². The zero-order chi connectivity index (χ0) is 20.1. The molecule has 148 valence electrons. The third-order valence-electron chi connectivity index (χ3n) is 4.70. The molecule has 1 fully saturated rings. The zero-order valence-corrected chi connectivity index (χ0v) is 16.0. The standard InChI is InChI=1S/C20H23N3O5/c1-3-28-18-9-8-15(14-19(18)27-2)20(24)22-12-10-21(11-13-22)16-6-4-5-7-17(16)23(25)26/h4-9,14H,3,10-13H2,1-2H3. The van der Waals surface area contributed by atoms with Gasteiger partial charge >= 0.3 is 0 Å². The van der Waals surface area contributed by atoms with Crippen LogP contribution in [0.5, 0.6) is 11.5 Å². The minimum atomic E-state index is -0.376. The van der Waals surface area contributed by atoms with Crippen molar-refractivity contribution in [3.63, 3.8) is 0 Å². The highest BCUT2D eigenvalue weighted by Gasteiger charge is 2.26. The second-order valence-electron chi connectivity index (χ2n) is 6.32. The molecule has 2 aromatic carbocycles. The number of nitro groups is 1. The SMILES string of the molecule is CCOc1ccc(C(=O)N2CCN(c3ccccc3[N+](=O)[O-])CC2)cc1OC. The van der Waals surface area contributed by atoms with Gasteiger partial charge in [-0.15, -0.1) is 0 Å². The van der Waals surface area contributed by atoms with Crippen molar-refractivity contribution >= 4 is 17.3 Å². The molecule has 0 bridgehead atoms. The molecule has 1 amide bonds. The summed E-state index contributed by atoms with van der Waals surface area (Å²) in [6.07, 6.45) is 0. The van der Waals surface area contributed by atoms with Crippen LogP contribution in [0, 0.1) is 10.1 Å². The Morgan fingerprint density at radius 1 is 1.11 bits per heavy atom. The molecule has 0 unspecified atom stereocenters. The Kier molecular flexibility index (Phi) is 5.98. The van der Waals surface area contributed by atoms with Gasteiger partial charge in [0.1, 0.15) is 5.69 Å². The predicted octanol–water partition coefficient (Wildman–Crippen LogP) is 2.96. The lowest BCUT2D eigenvalue weighted by atomic mass is 10.1. The molecule has 1 aliphatic rings. The second-order valence-corrected chi connectivity index (χ2v) is 6.32. The van der Waals surface area contributed by atoms with Crippen molar-refractivity contribution in [2.45, 2.75) is 6.92 Å². The summed E-state index contributed by atoms with van der Waals surface area (Å²) in [5.41, 5.74) is 1.19. The molecule has 0 spiro atoms. The fourth-order valence-corrected chi connectivity index (χ4v) is 3.29. The van der Waals surface area contributed by atoms with E-state index in [9.17, 15) is 14.9 Å². The lowest BCUT2D eigenvalue weighted by Gasteiger charge is -2.35. The Hall–Kier alpha value is -3.29. The molecule has 2 aromatic rings. The van der Waals surface area contributed by atoms with Gasteiger partial charge in [-0.25, -0.2) is 0 Å².